The third kappa shape index (κ3) is 2.84. The second kappa shape index (κ2) is 4.67. The summed E-state index contributed by atoms with van der Waals surface area (Å²) >= 11 is 0. The van der Waals surface area contributed by atoms with Crippen LogP contribution in [0.5, 0.6) is 0 Å². The van der Waals surface area contributed by atoms with Gasteiger partial charge < -0.3 is 5.11 Å². The highest BCUT2D eigenvalue weighted by Gasteiger charge is 2.26. The highest BCUT2D eigenvalue weighted by Crippen LogP contribution is 2.27. The molecule has 0 unspecified atom stereocenters. The van der Waals surface area contributed by atoms with Gasteiger partial charge >= 0.3 is 0 Å². The van der Waals surface area contributed by atoms with Gasteiger partial charge in [0.1, 0.15) is 5.60 Å². The molecule has 0 bridgehead atoms. The molecule has 2 nitrogen and oxygen atoms in total. The molecule has 1 fully saturated rings. The predicted octanol–water partition coefficient (Wildman–Crippen LogP) is 2.44. The minimum absolute atomic E-state index is 0.761. The summed E-state index contributed by atoms with van der Waals surface area (Å²) in [6.45, 7) is 1.95. The molecule has 2 rings (SSSR count). The van der Waals surface area contributed by atoms with Crippen LogP contribution in [0.25, 0.3) is 0 Å². The first kappa shape index (κ1) is 11.2. The summed E-state index contributed by atoms with van der Waals surface area (Å²) in [5.74, 6) is 6.02. The molecule has 0 aliphatic heterocycles. The van der Waals surface area contributed by atoms with Gasteiger partial charge in [-0.2, -0.15) is 0 Å². The quantitative estimate of drug-likeness (QED) is 0.674. The Kier molecular flexibility index (Phi) is 3.26. The highest BCUT2D eigenvalue weighted by atomic mass is 16.3. The molecule has 1 aromatic heterocycles. The van der Waals surface area contributed by atoms with Gasteiger partial charge in [0.2, 0.25) is 0 Å². The molecule has 0 amide bonds. The van der Waals surface area contributed by atoms with Gasteiger partial charge in [0.25, 0.3) is 0 Å². The van der Waals surface area contributed by atoms with E-state index in [1.54, 1.807) is 6.20 Å². The topological polar surface area (TPSA) is 33.1 Å². The monoisotopic (exact) mass is 215 g/mol. The Morgan fingerprint density at radius 2 is 2.00 bits per heavy atom. The van der Waals surface area contributed by atoms with Gasteiger partial charge in [-0.3, -0.25) is 4.98 Å². The number of hydrogen-bond donors (Lipinski definition) is 1. The van der Waals surface area contributed by atoms with E-state index in [-0.39, 0.29) is 0 Å². The number of pyridine rings is 1. The summed E-state index contributed by atoms with van der Waals surface area (Å²) in [6, 6.07) is 3.89. The van der Waals surface area contributed by atoms with E-state index in [9.17, 15) is 5.11 Å². The van der Waals surface area contributed by atoms with E-state index in [0.29, 0.717) is 0 Å². The van der Waals surface area contributed by atoms with Crippen LogP contribution in [0, 0.1) is 18.8 Å². The lowest BCUT2D eigenvalue weighted by molar-refractivity contribution is 0.0610. The van der Waals surface area contributed by atoms with E-state index >= 15 is 0 Å². The molecule has 1 aliphatic rings. The lowest BCUT2D eigenvalue weighted by atomic mass is 9.85. The van der Waals surface area contributed by atoms with Crippen LogP contribution in [-0.2, 0) is 0 Å². The first-order valence-corrected chi connectivity index (χ1v) is 5.86. The minimum atomic E-state index is -0.761. The number of aromatic nitrogens is 1. The maximum absolute atomic E-state index is 10.2. The third-order valence-corrected chi connectivity index (χ3v) is 3.03. The smallest absolute Gasteiger partial charge is 0.125 e. The lowest BCUT2D eigenvalue weighted by Crippen LogP contribution is -2.29. The molecule has 1 saturated carbocycles. The Bertz CT molecular complexity index is 405. The molecule has 0 aromatic carbocycles. The van der Waals surface area contributed by atoms with Crippen LogP contribution in [0.2, 0.25) is 0 Å². The Morgan fingerprint density at radius 3 is 2.62 bits per heavy atom. The molecule has 0 radical (unpaired) electrons. The standard InChI is InChI=1S/C14H17NO/c1-12-5-6-13(11-15-12)7-10-14(16)8-3-2-4-9-14/h5-6,11,16H,2-4,8-9H2,1H3. The van der Waals surface area contributed by atoms with Gasteiger partial charge in [-0.15, -0.1) is 0 Å². The average molecular weight is 215 g/mol. The van der Waals surface area contributed by atoms with Crippen LogP contribution >= 0.6 is 0 Å². The van der Waals surface area contributed by atoms with E-state index in [2.05, 4.69) is 16.8 Å². The molecule has 16 heavy (non-hydrogen) atoms. The second-order valence-electron chi connectivity index (χ2n) is 4.53. The molecule has 0 atom stereocenters. The molecule has 0 spiro atoms. The molecule has 1 heterocycles. The van der Waals surface area contributed by atoms with Gasteiger partial charge in [-0.05, 0) is 44.7 Å². The van der Waals surface area contributed by atoms with Crippen LogP contribution < -0.4 is 0 Å². The van der Waals surface area contributed by atoms with Gasteiger partial charge in [-0.1, -0.05) is 18.3 Å². The van der Waals surface area contributed by atoms with Crippen LogP contribution in [0.1, 0.15) is 43.4 Å². The van der Waals surface area contributed by atoms with Gasteiger partial charge in [0, 0.05) is 17.5 Å². The third-order valence-electron chi connectivity index (χ3n) is 3.03. The summed E-state index contributed by atoms with van der Waals surface area (Å²) in [5, 5.41) is 10.2. The first-order chi connectivity index (χ1) is 7.68. The minimum Gasteiger partial charge on any atom is -0.378 e. The number of nitrogens with zero attached hydrogens (tertiary/aromatic N) is 1. The Labute approximate surface area is 96.7 Å². The van der Waals surface area contributed by atoms with Gasteiger partial charge in [0.15, 0.2) is 0 Å². The number of aryl methyl sites for hydroxylation is 1. The molecule has 1 aromatic rings. The zero-order chi connectivity index (χ0) is 11.4. The molecule has 84 valence electrons. The summed E-state index contributed by atoms with van der Waals surface area (Å²) in [5.41, 5.74) is 1.11. The van der Waals surface area contributed by atoms with Crippen molar-refractivity contribution in [1.82, 2.24) is 4.98 Å². The zero-order valence-corrected chi connectivity index (χ0v) is 9.66. The molecular weight excluding hydrogens is 198 g/mol. The van der Waals surface area contributed by atoms with Crippen molar-refractivity contribution < 1.29 is 5.11 Å². The fourth-order valence-electron chi connectivity index (χ4n) is 1.99. The van der Waals surface area contributed by atoms with E-state index in [1.165, 1.54) is 6.42 Å². The number of rotatable bonds is 0. The van der Waals surface area contributed by atoms with Crippen molar-refractivity contribution in [2.45, 2.75) is 44.6 Å². The number of hydrogen-bond acceptors (Lipinski definition) is 2. The van der Waals surface area contributed by atoms with Crippen molar-refractivity contribution in [2.75, 3.05) is 0 Å². The fraction of sp³-hybridized carbons (Fsp3) is 0.500. The van der Waals surface area contributed by atoms with Crippen LogP contribution in [0.3, 0.4) is 0 Å². The Morgan fingerprint density at radius 1 is 1.25 bits per heavy atom. The van der Waals surface area contributed by atoms with E-state index in [0.717, 1.165) is 36.9 Å². The molecule has 2 heteroatoms. The van der Waals surface area contributed by atoms with Crippen molar-refractivity contribution >= 4 is 0 Å². The molecule has 0 saturated heterocycles. The Balaban J connectivity index is 2.11. The first-order valence-electron chi connectivity index (χ1n) is 5.86. The van der Waals surface area contributed by atoms with Crippen molar-refractivity contribution in [2.24, 2.45) is 0 Å². The van der Waals surface area contributed by atoms with E-state index in [4.69, 9.17) is 0 Å². The SMILES string of the molecule is Cc1ccc(C#CC2(O)CCCCC2)cn1. The maximum atomic E-state index is 10.2. The van der Waals surface area contributed by atoms with E-state index < -0.39 is 5.60 Å². The van der Waals surface area contributed by atoms with E-state index in [1.807, 2.05) is 19.1 Å². The van der Waals surface area contributed by atoms with Crippen molar-refractivity contribution in [3.05, 3.63) is 29.6 Å². The van der Waals surface area contributed by atoms with Gasteiger partial charge in [-0.25, -0.2) is 0 Å². The fourth-order valence-corrected chi connectivity index (χ4v) is 1.99. The maximum Gasteiger partial charge on any atom is 0.125 e. The van der Waals surface area contributed by atoms with Gasteiger partial charge in [0.05, 0.1) is 0 Å². The predicted molar refractivity (Wildman–Crippen MR) is 63.9 cm³/mol. The van der Waals surface area contributed by atoms with Crippen LogP contribution in [0.15, 0.2) is 18.3 Å². The largest absolute Gasteiger partial charge is 0.378 e. The summed E-state index contributed by atoms with van der Waals surface area (Å²) in [7, 11) is 0. The molecular formula is C14H17NO. The lowest BCUT2D eigenvalue weighted by Gasteiger charge is -2.26. The van der Waals surface area contributed by atoms with Crippen LogP contribution in [-0.4, -0.2) is 15.7 Å². The highest BCUT2D eigenvalue weighted by molar-refractivity contribution is 5.34. The Hall–Kier alpha value is -1.33. The normalized spacial score (nSPS) is 18.6. The molecule has 1 N–H and O–H groups in total. The number of aliphatic hydroxyl groups is 1. The average Bonchev–Trinajstić information content (AvgIpc) is 2.29. The van der Waals surface area contributed by atoms with Crippen molar-refractivity contribution in [3.63, 3.8) is 0 Å². The zero-order valence-electron chi connectivity index (χ0n) is 9.66. The summed E-state index contributed by atoms with van der Waals surface area (Å²) in [4.78, 5) is 4.18. The molecule has 1 aliphatic carbocycles. The second-order valence-corrected chi connectivity index (χ2v) is 4.53. The van der Waals surface area contributed by atoms with Crippen LogP contribution in [0.4, 0.5) is 0 Å². The van der Waals surface area contributed by atoms with Crippen molar-refractivity contribution in [3.8, 4) is 11.8 Å². The summed E-state index contributed by atoms with van der Waals surface area (Å²) in [6.07, 6.45) is 6.75. The summed E-state index contributed by atoms with van der Waals surface area (Å²) < 4.78 is 0. The van der Waals surface area contributed by atoms with Crippen molar-refractivity contribution in [1.29, 1.82) is 0 Å².